The molecule has 1 aromatic heterocycles. The standard InChI is InChI=1S/C39H44N4O5/c1-3-4-5-6-7-22-48-34-20-18-30(19-21-34)33-24-40-36(41-25-33)31-10-8-27(9-11-31)23-35(38(45)42-26(2)39(46)47)43-37(44)32-16-14-29(15-17-32)28-12-13-28/h8-11,14-21,24-26,28,35H,3-7,12-13,22-23H2,1-2H3,(H,42,45)(H,43,44)(H,46,47)/t26-,35+/m1/s1. The first-order valence-electron chi connectivity index (χ1n) is 16.9. The summed E-state index contributed by atoms with van der Waals surface area (Å²) in [7, 11) is 0. The molecule has 0 radical (unpaired) electrons. The Kier molecular flexibility index (Phi) is 11.9. The molecule has 0 spiro atoms. The SMILES string of the molecule is CCCCCCCOc1ccc(-c2cnc(-c3ccc(C[C@H](NC(=O)c4ccc(C5CC5)cc4)C(=O)N[C@H](C)C(=O)O)cc3)nc2)cc1. The van der Waals surface area contributed by atoms with E-state index in [1.54, 1.807) is 24.5 Å². The van der Waals surface area contributed by atoms with Crippen molar-refractivity contribution in [1.82, 2.24) is 20.6 Å². The second-order valence-corrected chi connectivity index (χ2v) is 12.5. The van der Waals surface area contributed by atoms with E-state index in [4.69, 9.17) is 4.74 Å². The van der Waals surface area contributed by atoms with Crippen molar-refractivity contribution in [3.63, 3.8) is 0 Å². The maximum absolute atomic E-state index is 13.1. The van der Waals surface area contributed by atoms with Gasteiger partial charge in [-0.1, -0.05) is 81.1 Å². The lowest BCUT2D eigenvalue weighted by atomic mass is 10.0. The van der Waals surface area contributed by atoms with Crippen LogP contribution in [-0.2, 0) is 16.0 Å². The van der Waals surface area contributed by atoms with Crippen LogP contribution in [0.2, 0.25) is 0 Å². The maximum atomic E-state index is 13.1. The molecule has 250 valence electrons. The van der Waals surface area contributed by atoms with Crippen LogP contribution < -0.4 is 15.4 Å². The second-order valence-electron chi connectivity index (χ2n) is 12.5. The summed E-state index contributed by atoms with van der Waals surface area (Å²) < 4.78 is 5.88. The van der Waals surface area contributed by atoms with Gasteiger partial charge in [0.15, 0.2) is 5.82 Å². The molecule has 0 saturated heterocycles. The summed E-state index contributed by atoms with van der Waals surface area (Å²) in [6, 6.07) is 20.7. The minimum atomic E-state index is -1.16. The number of nitrogens with zero attached hydrogens (tertiary/aromatic N) is 2. The number of hydrogen-bond donors (Lipinski definition) is 3. The van der Waals surface area contributed by atoms with E-state index in [0.29, 0.717) is 17.3 Å². The lowest BCUT2D eigenvalue weighted by molar-refractivity contribution is -0.141. The van der Waals surface area contributed by atoms with Crippen LogP contribution in [0.5, 0.6) is 5.75 Å². The Labute approximate surface area is 282 Å². The third-order valence-electron chi connectivity index (χ3n) is 8.58. The van der Waals surface area contributed by atoms with Crippen molar-refractivity contribution in [2.45, 2.75) is 83.2 Å². The van der Waals surface area contributed by atoms with Gasteiger partial charge in [0.1, 0.15) is 17.8 Å². The number of aliphatic carboxylic acids is 1. The Hall–Kier alpha value is -5.05. The zero-order valence-corrected chi connectivity index (χ0v) is 27.7. The maximum Gasteiger partial charge on any atom is 0.325 e. The van der Waals surface area contributed by atoms with E-state index in [1.165, 1.54) is 38.2 Å². The van der Waals surface area contributed by atoms with Gasteiger partial charge >= 0.3 is 5.97 Å². The molecule has 0 unspecified atom stereocenters. The lowest BCUT2D eigenvalue weighted by Gasteiger charge is -2.20. The van der Waals surface area contributed by atoms with Gasteiger partial charge in [-0.25, -0.2) is 9.97 Å². The number of nitrogens with one attached hydrogen (secondary N) is 2. The van der Waals surface area contributed by atoms with Crippen LogP contribution in [0.3, 0.4) is 0 Å². The number of unbranched alkanes of at least 4 members (excludes halogenated alkanes) is 4. The average molecular weight is 649 g/mol. The number of ether oxygens (including phenoxy) is 1. The highest BCUT2D eigenvalue weighted by Crippen LogP contribution is 2.39. The van der Waals surface area contributed by atoms with Crippen LogP contribution >= 0.6 is 0 Å². The van der Waals surface area contributed by atoms with Gasteiger partial charge < -0.3 is 20.5 Å². The summed E-state index contributed by atoms with van der Waals surface area (Å²) in [5.74, 6) is -0.153. The van der Waals surface area contributed by atoms with Crippen molar-refractivity contribution in [1.29, 1.82) is 0 Å². The number of carbonyl (C=O) groups is 3. The van der Waals surface area contributed by atoms with Crippen LogP contribution in [0.1, 0.15) is 86.2 Å². The molecule has 48 heavy (non-hydrogen) atoms. The highest BCUT2D eigenvalue weighted by atomic mass is 16.5. The smallest absolute Gasteiger partial charge is 0.325 e. The Bertz CT molecular complexity index is 1650. The third kappa shape index (κ3) is 9.73. The van der Waals surface area contributed by atoms with E-state index < -0.39 is 29.9 Å². The molecular weight excluding hydrogens is 604 g/mol. The van der Waals surface area contributed by atoms with Crippen molar-refractivity contribution in [3.05, 3.63) is 102 Å². The Balaban J connectivity index is 1.20. The summed E-state index contributed by atoms with van der Waals surface area (Å²) >= 11 is 0. The number of aromatic nitrogens is 2. The first-order valence-corrected chi connectivity index (χ1v) is 16.9. The number of carboxylic acids is 1. The Morgan fingerprint density at radius 2 is 1.46 bits per heavy atom. The fourth-order valence-electron chi connectivity index (χ4n) is 5.44. The molecule has 0 aliphatic heterocycles. The average Bonchev–Trinajstić information content (AvgIpc) is 3.96. The zero-order valence-electron chi connectivity index (χ0n) is 27.7. The predicted molar refractivity (Wildman–Crippen MR) is 186 cm³/mol. The molecule has 1 saturated carbocycles. The fourth-order valence-corrected chi connectivity index (χ4v) is 5.44. The molecule has 1 heterocycles. The van der Waals surface area contributed by atoms with Crippen molar-refractivity contribution in [3.8, 4) is 28.3 Å². The second kappa shape index (κ2) is 16.7. The first kappa shape index (κ1) is 34.3. The van der Waals surface area contributed by atoms with Crippen LogP contribution in [0.15, 0.2) is 85.2 Å². The molecule has 2 amide bonds. The van der Waals surface area contributed by atoms with Crippen LogP contribution in [-0.4, -0.2) is 51.5 Å². The van der Waals surface area contributed by atoms with Gasteiger partial charge in [0, 0.05) is 35.5 Å². The molecule has 9 heteroatoms. The summed E-state index contributed by atoms with van der Waals surface area (Å²) in [6.45, 7) is 4.32. The monoisotopic (exact) mass is 648 g/mol. The minimum absolute atomic E-state index is 0.169. The molecule has 9 nitrogen and oxygen atoms in total. The summed E-state index contributed by atoms with van der Waals surface area (Å²) in [6.07, 6.45) is 12.1. The van der Waals surface area contributed by atoms with Crippen molar-refractivity contribution in [2.75, 3.05) is 6.61 Å². The molecule has 0 bridgehead atoms. The molecule has 4 aromatic rings. The van der Waals surface area contributed by atoms with Crippen molar-refractivity contribution >= 4 is 17.8 Å². The number of carboxylic acid groups (broad SMARTS) is 1. The number of rotatable bonds is 17. The number of carbonyl (C=O) groups excluding carboxylic acids is 2. The van der Waals surface area contributed by atoms with Gasteiger partial charge in [0.25, 0.3) is 5.91 Å². The largest absolute Gasteiger partial charge is 0.494 e. The van der Waals surface area contributed by atoms with Crippen LogP contribution in [0, 0.1) is 0 Å². The van der Waals surface area contributed by atoms with Crippen LogP contribution in [0.4, 0.5) is 0 Å². The molecule has 3 N–H and O–H groups in total. The summed E-state index contributed by atoms with van der Waals surface area (Å²) in [5, 5.41) is 14.6. The fraction of sp³-hybridized carbons (Fsp3) is 0.359. The van der Waals surface area contributed by atoms with Gasteiger partial charge in [-0.2, -0.15) is 0 Å². The zero-order chi connectivity index (χ0) is 33.9. The van der Waals surface area contributed by atoms with E-state index in [9.17, 15) is 19.5 Å². The Morgan fingerprint density at radius 3 is 2.08 bits per heavy atom. The number of hydrogen-bond acceptors (Lipinski definition) is 6. The van der Waals surface area contributed by atoms with E-state index >= 15 is 0 Å². The normalized spacial score (nSPS) is 13.7. The first-order chi connectivity index (χ1) is 23.3. The Morgan fingerprint density at radius 1 is 0.812 bits per heavy atom. The lowest BCUT2D eigenvalue weighted by Crippen LogP contribution is -2.51. The van der Waals surface area contributed by atoms with Crippen LogP contribution in [0.25, 0.3) is 22.5 Å². The third-order valence-corrected chi connectivity index (χ3v) is 8.58. The van der Waals surface area contributed by atoms with Gasteiger partial charge in [0.2, 0.25) is 5.91 Å². The molecule has 3 aromatic carbocycles. The predicted octanol–water partition coefficient (Wildman–Crippen LogP) is 6.97. The van der Waals surface area contributed by atoms with Gasteiger partial charge in [-0.15, -0.1) is 0 Å². The molecule has 2 atom stereocenters. The number of amides is 2. The molecule has 1 aliphatic carbocycles. The quantitative estimate of drug-likeness (QED) is 0.105. The topological polar surface area (TPSA) is 131 Å². The van der Waals surface area contributed by atoms with Gasteiger partial charge in [0.05, 0.1) is 6.61 Å². The van der Waals surface area contributed by atoms with Gasteiger partial charge in [-0.05, 0) is 73.1 Å². The van der Waals surface area contributed by atoms with E-state index in [2.05, 4.69) is 27.5 Å². The minimum Gasteiger partial charge on any atom is -0.494 e. The summed E-state index contributed by atoms with van der Waals surface area (Å²) in [4.78, 5) is 46.8. The molecule has 1 fully saturated rings. The van der Waals surface area contributed by atoms with Crippen molar-refractivity contribution < 1.29 is 24.2 Å². The highest BCUT2D eigenvalue weighted by Gasteiger charge is 2.26. The van der Waals surface area contributed by atoms with Crippen molar-refractivity contribution in [2.24, 2.45) is 0 Å². The van der Waals surface area contributed by atoms with E-state index in [-0.39, 0.29) is 6.42 Å². The van der Waals surface area contributed by atoms with E-state index in [0.717, 1.165) is 53.9 Å². The molecule has 1 aliphatic rings. The molecule has 5 rings (SSSR count). The summed E-state index contributed by atoms with van der Waals surface area (Å²) in [5.41, 5.74) is 5.12. The van der Waals surface area contributed by atoms with Gasteiger partial charge in [-0.3, -0.25) is 14.4 Å². The number of benzene rings is 3. The van der Waals surface area contributed by atoms with E-state index in [1.807, 2.05) is 60.7 Å². The molecular formula is C39H44N4O5. The highest BCUT2D eigenvalue weighted by molar-refractivity contribution is 5.98.